The first-order chi connectivity index (χ1) is 16.8. The molecule has 0 amide bonds. The van der Waals surface area contributed by atoms with E-state index in [0.717, 1.165) is 47.2 Å². The van der Waals surface area contributed by atoms with Gasteiger partial charge >= 0.3 is 0 Å². The molecule has 1 aliphatic carbocycles. The predicted molar refractivity (Wildman–Crippen MR) is 139 cm³/mol. The molecule has 35 heavy (non-hydrogen) atoms. The van der Waals surface area contributed by atoms with Crippen molar-refractivity contribution in [3.8, 4) is 0 Å². The highest BCUT2D eigenvalue weighted by atomic mass is 32.2. The zero-order valence-electron chi connectivity index (χ0n) is 19.3. The van der Waals surface area contributed by atoms with Crippen molar-refractivity contribution in [2.75, 3.05) is 16.9 Å². The summed E-state index contributed by atoms with van der Waals surface area (Å²) in [6.07, 6.45) is 4.92. The number of sulfone groups is 1. The molecule has 0 atom stereocenters. The van der Waals surface area contributed by atoms with Crippen molar-refractivity contribution < 1.29 is 13.5 Å². The van der Waals surface area contributed by atoms with Gasteiger partial charge in [-0.3, -0.25) is 0 Å². The summed E-state index contributed by atoms with van der Waals surface area (Å²) in [6, 6.07) is 17.2. The molecule has 0 radical (unpaired) electrons. The van der Waals surface area contributed by atoms with E-state index in [0.29, 0.717) is 23.3 Å². The molecule has 2 aromatic carbocycles. The van der Waals surface area contributed by atoms with Crippen LogP contribution in [0.5, 0.6) is 0 Å². The summed E-state index contributed by atoms with van der Waals surface area (Å²) in [6.45, 7) is 0. The average molecular weight is 510 g/mol. The molecule has 10 heteroatoms. The Hall–Kier alpha value is -3.08. The number of nitrogens with zero attached hydrogens (tertiary/aromatic N) is 3. The quantitative estimate of drug-likeness (QED) is 0.332. The van der Waals surface area contributed by atoms with Crippen LogP contribution in [0.2, 0.25) is 0 Å². The molecule has 1 aliphatic rings. The maximum absolute atomic E-state index is 11.9. The minimum absolute atomic E-state index is 0.218. The molecule has 0 bridgehead atoms. The molecule has 0 unspecified atom stereocenters. The summed E-state index contributed by atoms with van der Waals surface area (Å²) in [4.78, 5) is 14.3. The van der Waals surface area contributed by atoms with Gasteiger partial charge in [0.05, 0.1) is 26.9 Å². The fourth-order valence-electron chi connectivity index (χ4n) is 4.22. The molecule has 8 nitrogen and oxygen atoms in total. The molecule has 0 spiro atoms. The smallest absolute Gasteiger partial charge is 0.225 e. The SMILES string of the molecule is CS(=O)(=O)c1ccc2nc(Nc3cc(Cc4ccccc4)nc(NC4CCC(O)CC4)n3)sc2c1. The number of anilines is 3. The van der Waals surface area contributed by atoms with Crippen LogP contribution in [0.3, 0.4) is 0 Å². The highest BCUT2D eigenvalue weighted by Gasteiger charge is 2.20. The van der Waals surface area contributed by atoms with Crippen molar-refractivity contribution in [3.63, 3.8) is 0 Å². The van der Waals surface area contributed by atoms with E-state index in [9.17, 15) is 13.5 Å². The van der Waals surface area contributed by atoms with Gasteiger partial charge in [0.2, 0.25) is 5.95 Å². The van der Waals surface area contributed by atoms with Crippen LogP contribution in [0.25, 0.3) is 10.2 Å². The lowest BCUT2D eigenvalue weighted by Crippen LogP contribution is -2.29. The van der Waals surface area contributed by atoms with E-state index in [2.05, 4.69) is 32.7 Å². The highest BCUT2D eigenvalue weighted by molar-refractivity contribution is 7.90. The minimum atomic E-state index is -3.29. The number of benzene rings is 2. The predicted octanol–water partition coefficient (Wildman–Crippen LogP) is 4.54. The van der Waals surface area contributed by atoms with Crippen molar-refractivity contribution in [1.82, 2.24) is 15.0 Å². The Kier molecular flexibility index (Phi) is 6.68. The Balaban J connectivity index is 1.43. The second-order valence-corrected chi connectivity index (χ2v) is 12.0. The summed E-state index contributed by atoms with van der Waals surface area (Å²) < 4.78 is 24.6. The second-order valence-electron chi connectivity index (χ2n) is 8.93. The van der Waals surface area contributed by atoms with Crippen molar-refractivity contribution in [1.29, 1.82) is 0 Å². The molecular weight excluding hydrogens is 482 g/mol. The Morgan fingerprint density at radius 1 is 1.00 bits per heavy atom. The van der Waals surface area contributed by atoms with Gasteiger partial charge in [0.25, 0.3) is 0 Å². The second kappa shape index (κ2) is 9.88. The Labute approximate surface area is 208 Å². The molecule has 0 aliphatic heterocycles. The highest BCUT2D eigenvalue weighted by Crippen LogP contribution is 2.30. The zero-order valence-corrected chi connectivity index (χ0v) is 20.9. The Bertz CT molecular complexity index is 1430. The van der Waals surface area contributed by atoms with E-state index in [-0.39, 0.29) is 17.0 Å². The lowest BCUT2D eigenvalue weighted by atomic mass is 9.93. The van der Waals surface area contributed by atoms with Crippen LogP contribution < -0.4 is 10.6 Å². The van der Waals surface area contributed by atoms with Crippen molar-refractivity contribution in [2.45, 2.75) is 49.1 Å². The third-order valence-electron chi connectivity index (χ3n) is 6.06. The van der Waals surface area contributed by atoms with Crippen LogP contribution in [0.1, 0.15) is 36.9 Å². The number of nitrogens with one attached hydrogen (secondary N) is 2. The fourth-order valence-corrected chi connectivity index (χ4v) is 5.86. The maximum atomic E-state index is 11.9. The lowest BCUT2D eigenvalue weighted by molar-refractivity contribution is 0.126. The van der Waals surface area contributed by atoms with E-state index >= 15 is 0 Å². The van der Waals surface area contributed by atoms with E-state index in [1.54, 1.807) is 18.2 Å². The number of hydrogen-bond donors (Lipinski definition) is 3. The van der Waals surface area contributed by atoms with Gasteiger partial charge in [-0.05, 0) is 49.4 Å². The van der Waals surface area contributed by atoms with Gasteiger partial charge in [-0.15, -0.1) is 0 Å². The normalized spacial score (nSPS) is 18.5. The van der Waals surface area contributed by atoms with Gasteiger partial charge in [0.15, 0.2) is 15.0 Å². The monoisotopic (exact) mass is 509 g/mol. The van der Waals surface area contributed by atoms with Gasteiger partial charge in [-0.25, -0.2) is 18.4 Å². The van der Waals surface area contributed by atoms with Crippen LogP contribution in [-0.4, -0.2) is 46.9 Å². The maximum Gasteiger partial charge on any atom is 0.225 e. The minimum Gasteiger partial charge on any atom is -0.393 e. The van der Waals surface area contributed by atoms with Gasteiger partial charge in [0, 0.05) is 24.8 Å². The van der Waals surface area contributed by atoms with Crippen LogP contribution in [0.4, 0.5) is 16.9 Å². The third kappa shape index (κ3) is 5.95. The number of fused-ring (bicyclic) bond motifs is 1. The molecule has 2 aromatic heterocycles. The van der Waals surface area contributed by atoms with E-state index < -0.39 is 9.84 Å². The number of aromatic nitrogens is 3. The molecular formula is C25H27N5O3S2. The van der Waals surface area contributed by atoms with Crippen LogP contribution in [0.15, 0.2) is 59.5 Å². The average Bonchev–Trinajstić information content (AvgIpc) is 3.22. The van der Waals surface area contributed by atoms with Crippen molar-refractivity contribution >= 4 is 48.3 Å². The molecule has 1 fully saturated rings. The molecule has 0 saturated heterocycles. The standard InChI is InChI=1S/C25H27N5O3S2/c1-35(32,33)20-11-12-21-22(15-20)34-25(28-21)30-23-14-18(13-16-5-3-2-4-6-16)27-24(29-23)26-17-7-9-19(31)10-8-17/h2-6,11-12,14-15,17,19,31H,7-10,13H2,1H3,(H2,26,27,28,29,30). The molecule has 4 aromatic rings. The number of aliphatic hydroxyl groups excluding tert-OH is 1. The molecule has 2 heterocycles. The van der Waals surface area contributed by atoms with E-state index in [1.807, 2.05) is 24.3 Å². The largest absolute Gasteiger partial charge is 0.393 e. The summed E-state index contributed by atoms with van der Waals surface area (Å²) in [7, 11) is -3.29. The summed E-state index contributed by atoms with van der Waals surface area (Å²) >= 11 is 1.38. The topological polar surface area (TPSA) is 117 Å². The summed E-state index contributed by atoms with van der Waals surface area (Å²) in [5.41, 5.74) is 2.74. The first-order valence-electron chi connectivity index (χ1n) is 11.6. The summed E-state index contributed by atoms with van der Waals surface area (Å²) in [5, 5.41) is 17.2. The van der Waals surface area contributed by atoms with Gasteiger partial charge in [-0.1, -0.05) is 41.7 Å². The van der Waals surface area contributed by atoms with Crippen molar-refractivity contribution in [3.05, 3.63) is 65.9 Å². The van der Waals surface area contributed by atoms with Gasteiger partial charge in [-0.2, -0.15) is 4.98 Å². The molecule has 5 rings (SSSR count). The number of hydrogen-bond acceptors (Lipinski definition) is 9. The van der Waals surface area contributed by atoms with Gasteiger partial charge < -0.3 is 15.7 Å². The Morgan fingerprint density at radius 2 is 1.77 bits per heavy atom. The number of thiazole rings is 1. The Morgan fingerprint density at radius 3 is 2.51 bits per heavy atom. The molecule has 182 valence electrons. The third-order valence-corrected chi connectivity index (χ3v) is 8.10. The molecule has 1 saturated carbocycles. The lowest BCUT2D eigenvalue weighted by Gasteiger charge is -2.26. The van der Waals surface area contributed by atoms with Gasteiger partial charge in [0.1, 0.15) is 5.82 Å². The molecule has 3 N–H and O–H groups in total. The summed E-state index contributed by atoms with van der Waals surface area (Å²) in [5.74, 6) is 1.16. The fraction of sp³-hybridized carbons (Fsp3) is 0.320. The van der Waals surface area contributed by atoms with E-state index in [1.165, 1.54) is 17.6 Å². The number of rotatable bonds is 7. The van der Waals surface area contributed by atoms with Crippen molar-refractivity contribution in [2.24, 2.45) is 0 Å². The first-order valence-corrected chi connectivity index (χ1v) is 14.3. The number of aliphatic hydroxyl groups is 1. The van der Waals surface area contributed by atoms with Crippen LogP contribution in [-0.2, 0) is 16.3 Å². The van der Waals surface area contributed by atoms with Crippen LogP contribution in [0, 0.1) is 0 Å². The zero-order chi connectivity index (χ0) is 24.4. The first kappa shape index (κ1) is 23.7. The van der Waals surface area contributed by atoms with Crippen LogP contribution >= 0.6 is 11.3 Å². The van der Waals surface area contributed by atoms with E-state index in [4.69, 9.17) is 4.98 Å².